The molecule has 2 N–H and O–H groups in total. The number of para-hydroxylation sites is 1. The number of likely N-dealkylation sites (tertiary alicyclic amines) is 1. The third-order valence-corrected chi connectivity index (χ3v) is 3.47. The normalized spacial score (nSPS) is 17.9. The van der Waals surface area contributed by atoms with Gasteiger partial charge in [-0.15, -0.1) is 0 Å². The van der Waals surface area contributed by atoms with Crippen molar-refractivity contribution in [3.8, 4) is 5.75 Å². The van der Waals surface area contributed by atoms with Crippen LogP contribution in [0.3, 0.4) is 0 Å². The highest BCUT2D eigenvalue weighted by atomic mass is 16.5. The minimum Gasteiger partial charge on any atom is -0.494 e. The zero-order chi connectivity index (χ0) is 14.7. The van der Waals surface area contributed by atoms with Crippen molar-refractivity contribution < 1.29 is 19.1 Å². The first-order chi connectivity index (χ1) is 9.60. The molecule has 1 saturated heterocycles. The van der Waals surface area contributed by atoms with E-state index in [0.717, 1.165) is 6.42 Å². The van der Waals surface area contributed by atoms with E-state index in [1.807, 2.05) is 0 Å². The number of benzene rings is 1. The molecule has 0 radical (unpaired) electrons. The Bertz CT molecular complexity index is 530. The fourth-order valence-corrected chi connectivity index (χ4v) is 2.50. The standard InChI is InChI=1S/C14H18N2O4/c1-19-12-9(5-3-6-10(12)15)13(17)16-8-4-7-11(16)14(18)20-2/h3,5-6,11H,4,7-8,15H2,1-2H3. The highest BCUT2D eigenvalue weighted by molar-refractivity contribution is 6.00. The maximum Gasteiger partial charge on any atom is 0.328 e. The molecule has 0 saturated carbocycles. The van der Waals surface area contributed by atoms with Gasteiger partial charge in [0.15, 0.2) is 5.75 Å². The number of nitrogen functional groups attached to an aromatic ring is 1. The first kappa shape index (κ1) is 14.2. The lowest BCUT2D eigenvalue weighted by atomic mass is 10.1. The van der Waals surface area contributed by atoms with Crippen molar-refractivity contribution in [3.63, 3.8) is 0 Å². The summed E-state index contributed by atoms with van der Waals surface area (Å²) in [6.07, 6.45) is 1.39. The van der Waals surface area contributed by atoms with Crippen LogP contribution in [-0.2, 0) is 9.53 Å². The van der Waals surface area contributed by atoms with Crippen molar-refractivity contribution in [2.24, 2.45) is 0 Å². The van der Waals surface area contributed by atoms with Crippen LogP contribution in [-0.4, -0.2) is 43.6 Å². The quantitative estimate of drug-likeness (QED) is 0.660. The van der Waals surface area contributed by atoms with Gasteiger partial charge in [-0.05, 0) is 25.0 Å². The first-order valence-corrected chi connectivity index (χ1v) is 6.41. The molecule has 1 atom stereocenters. The average molecular weight is 278 g/mol. The third-order valence-electron chi connectivity index (χ3n) is 3.47. The Morgan fingerprint density at radius 2 is 2.10 bits per heavy atom. The van der Waals surface area contributed by atoms with Crippen LogP contribution in [0.15, 0.2) is 18.2 Å². The van der Waals surface area contributed by atoms with E-state index in [1.54, 1.807) is 18.2 Å². The Hall–Kier alpha value is -2.24. The predicted molar refractivity (Wildman–Crippen MR) is 73.5 cm³/mol. The van der Waals surface area contributed by atoms with Crippen LogP contribution in [0, 0.1) is 0 Å². The Morgan fingerprint density at radius 3 is 2.75 bits per heavy atom. The van der Waals surface area contributed by atoms with Gasteiger partial charge in [0.2, 0.25) is 0 Å². The molecule has 0 bridgehead atoms. The van der Waals surface area contributed by atoms with E-state index in [9.17, 15) is 9.59 Å². The number of ether oxygens (including phenoxy) is 2. The summed E-state index contributed by atoms with van der Waals surface area (Å²) in [6.45, 7) is 0.524. The number of hydrogen-bond acceptors (Lipinski definition) is 5. The zero-order valence-corrected chi connectivity index (χ0v) is 11.6. The summed E-state index contributed by atoms with van der Waals surface area (Å²) in [5.41, 5.74) is 6.56. The van der Waals surface area contributed by atoms with Crippen LogP contribution >= 0.6 is 0 Å². The van der Waals surface area contributed by atoms with E-state index in [1.165, 1.54) is 19.1 Å². The van der Waals surface area contributed by atoms with Crippen LogP contribution in [0.1, 0.15) is 23.2 Å². The van der Waals surface area contributed by atoms with Gasteiger partial charge in [0, 0.05) is 6.54 Å². The number of amides is 1. The largest absolute Gasteiger partial charge is 0.494 e. The van der Waals surface area contributed by atoms with Gasteiger partial charge in [-0.25, -0.2) is 4.79 Å². The number of esters is 1. The summed E-state index contributed by atoms with van der Waals surface area (Å²) in [5, 5.41) is 0. The van der Waals surface area contributed by atoms with E-state index in [-0.39, 0.29) is 5.91 Å². The molecule has 20 heavy (non-hydrogen) atoms. The number of carbonyl (C=O) groups excluding carboxylic acids is 2. The van der Waals surface area contributed by atoms with Gasteiger partial charge >= 0.3 is 5.97 Å². The SMILES string of the molecule is COC(=O)C1CCCN1C(=O)c1cccc(N)c1OC. The smallest absolute Gasteiger partial charge is 0.328 e. The number of rotatable bonds is 3. The second kappa shape index (κ2) is 5.81. The molecule has 1 unspecified atom stereocenters. The van der Waals surface area contributed by atoms with Crippen molar-refractivity contribution in [1.82, 2.24) is 4.90 Å². The lowest BCUT2D eigenvalue weighted by molar-refractivity contribution is -0.145. The van der Waals surface area contributed by atoms with Gasteiger partial charge in [-0.1, -0.05) is 6.07 Å². The molecule has 1 fully saturated rings. The van der Waals surface area contributed by atoms with Crippen LogP contribution in [0.5, 0.6) is 5.75 Å². The first-order valence-electron chi connectivity index (χ1n) is 6.41. The van der Waals surface area contributed by atoms with Gasteiger partial charge in [0.1, 0.15) is 6.04 Å². The predicted octanol–water partition coefficient (Wildman–Crippen LogP) is 1.05. The molecule has 1 aromatic rings. The van der Waals surface area contributed by atoms with Gasteiger partial charge in [0.05, 0.1) is 25.5 Å². The molecule has 1 aliphatic rings. The molecule has 1 aromatic carbocycles. The second-order valence-electron chi connectivity index (χ2n) is 4.61. The number of hydrogen-bond donors (Lipinski definition) is 1. The molecular weight excluding hydrogens is 260 g/mol. The van der Waals surface area contributed by atoms with Crippen LogP contribution in [0.2, 0.25) is 0 Å². The number of methoxy groups -OCH3 is 2. The van der Waals surface area contributed by atoms with Crippen molar-refractivity contribution in [1.29, 1.82) is 0 Å². The molecule has 6 nitrogen and oxygen atoms in total. The Kier molecular flexibility index (Phi) is 4.12. The summed E-state index contributed by atoms with van der Waals surface area (Å²) in [5.74, 6) is -0.311. The van der Waals surface area contributed by atoms with E-state index in [2.05, 4.69) is 0 Å². The second-order valence-corrected chi connectivity index (χ2v) is 4.61. The zero-order valence-electron chi connectivity index (χ0n) is 11.6. The van der Waals surface area contributed by atoms with Gasteiger partial charge < -0.3 is 20.1 Å². The fourth-order valence-electron chi connectivity index (χ4n) is 2.50. The van der Waals surface area contributed by atoms with Gasteiger partial charge in [-0.2, -0.15) is 0 Å². The average Bonchev–Trinajstić information content (AvgIpc) is 2.94. The summed E-state index contributed by atoms with van der Waals surface area (Å²) in [6, 6.07) is 4.47. The molecule has 1 aliphatic heterocycles. The minimum absolute atomic E-state index is 0.262. The van der Waals surface area contributed by atoms with Crippen molar-refractivity contribution >= 4 is 17.6 Å². The molecular formula is C14H18N2O4. The van der Waals surface area contributed by atoms with E-state index >= 15 is 0 Å². The summed E-state index contributed by atoms with van der Waals surface area (Å²) >= 11 is 0. The minimum atomic E-state index is -0.529. The Labute approximate surface area is 117 Å². The summed E-state index contributed by atoms with van der Waals surface area (Å²) < 4.78 is 9.93. The van der Waals surface area contributed by atoms with Crippen molar-refractivity contribution in [3.05, 3.63) is 23.8 Å². The van der Waals surface area contributed by atoms with Crippen LogP contribution in [0.25, 0.3) is 0 Å². The van der Waals surface area contributed by atoms with Crippen molar-refractivity contribution in [2.45, 2.75) is 18.9 Å². The molecule has 0 spiro atoms. The highest BCUT2D eigenvalue weighted by Gasteiger charge is 2.36. The maximum atomic E-state index is 12.6. The Morgan fingerprint density at radius 1 is 1.35 bits per heavy atom. The maximum absolute atomic E-state index is 12.6. The third kappa shape index (κ3) is 2.41. The molecule has 6 heteroatoms. The van der Waals surface area contributed by atoms with Gasteiger partial charge in [0.25, 0.3) is 5.91 Å². The monoisotopic (exact) mass is 278 g/mol. The Balaban J connectivity index is 2.32. The molecule has 0 aromatic heterocycles. The highest BCUT2D eigenvalue weighted by Crippen LogP contribution is 2.29. The van der Waals surface area contributed by atoms with Gasteiger partial charge in [-0.3, -0.25) is 4.79 Å². The summed E-state index contributed by atoms with van der Waals surface area (Å²) in [4.78, 5) is 25.8. The molecule has 1 heterocycles. The number of nitrogens with two attached hydrogens (primary N) is 1. The van der Waals surface area contributed by atoms with Crippen LogP contribution < -0.4 is 10.5 Å². The van der Waals surface area contributed by atoms with Crippen LogP contribution in [0.4, 0.5) is 5.69 Å². The van der Waals surface area contributed by atoms with Crippen molar-refractivity contribution in [2.75, 3.05) is 26.5 Å². The molecule has 2 rings (SSSR count). The number of anilines is 1. The molecule has 108 valence electrons. The topological polar surface area (TPSA) is 81.9 Å². The molecule has 1 amide bonds. The number of nitrogens with zero attached hydrogens (tertiary/aromatic N) is 1. The molecule has 0 aliphatic carbocycles. The fraction of sp³-hybridized carbons (Fsp3) is 0.429. The van der Waals surface area contributed by atoms with E-state index in [4.69, 9.17) is 15.2 Å². The summed E-state index contributed by atoms with van der Waals surface area (Å²) in [7, 11) is 2.79. The lowest BCUT2D eigenvalue weighted by Crippen LogP contribution is -2.41. The number of carbonyl (C=O) groups is 2. The lowest BCUT2D eigenvalue weighted by Gasteiger charge is -2.23. The van der Waals surface area contributed by atoms with E-state index in [0.29, 0.717) is 30.0 Å². The van der Waals surface area contributed by atoms with E-state index < -0.39 is 12.0 Å².